The van der Waals surface area contributed by atoms with Crippen molar-refractivity contribution < 1.29 is 14.6 Å². The van der Waals surface area contributed by atoms with Crippen molar-refractivity contribution in [2.75, 3.05) is 6.54 Å². The van der Waals surface area contributed by atoms with Gasteiger partial charge in [0.2, 0.25) is 0 Å². The summed E-state index contributed by atoms with van der Waals surface area (Å²) in [5.41, 5.74) is 3.93. The smallest absolute Gasteiger partial charge is 0.255 e. The Labute approximate surface area is 174 Å². The Bertz CT molecular complexity index is 1150. The number of aryl methyl sites for hydroxylation is 1. The zero-order valence-electron chi connectivity index (χ0n) is 16.7. The van der Waals surface area contributed by atoms with E-state index in [0.717, 1.165) is 22.5 Å². The lowest BCUT2D eigenvalue weighted by molar-refractivity contribution is 0.0912. The van der Waals surface area contributed by atoms with Crippen molar-refractivity contribution in [1.29, 1.82) is 0 Å². The molecule has 0 aliphatic carbocycles. The minimum absolute atomic E-state index is 0.114. The molecule has 0 spiro atoms. The van der Waals surface area contributed by atoms with Crippen molar-refractivity contribution in [3.63, 3.8) is 0 Å². The normalized spacial score (nSPS) is 11.9. The zero-order chi connectivity index (χ0) is 20.9. The Hall–Kier alpha value is -3.64. The molecule has 2 heterocycles. The van der Waals surface area contributed by atoms with Crippen molar-refractivity contribution in [3.8, 4) is 5.75 Å². The van der Waals surface area contributed by atoms with Crippen LogP contribution in [0.4, 0.5) is 0 Å². The number of amides is 1. The molecule has 1 atom stereocenters. The van der Waals surface area contributed by atoms with Crippen LogP contribution >= 0.6 is 0 Å². The van der Waals surface area contributed by atoms with Gasteiger partial charge < -0.3 is 19.6 Å². The molecule has 6 heteroatoms. The predicted molar refractivity (Wildman–Crippen MR) is 114 cm³/mol. The third kappa shape index (κ3) is 4.50. The van der Waals surface area contributed by atoms with Crippen LogP contribution in [0.5, 0.6) is 5.75 Å². The number of rotatable bonds is 7. The fourth-order valence-electron chi connectivity index (χ4n) is 3.23. The lowest BCUT2D eigenvalue weighted by atomic mass is 10.1. The Kier molecular flexibility index (Phi) is 5.77. The number of hydrogen-bond donors (Lipinski definition) is 2. The average Bonchev–Trinajstić information content (AvgIpc) is 3.18. The van der Waals surface area contributed by atoms with Gasteiger partial charge in [0.25, 0.3) is 5.91 Å². The number of aromatic nitrogens is 2. The third-order valence-electron chi connectivity index (χ3n) is 4.80. The number of benzene rings is 2. The molecule has 4 aromatic rings. The molecular weight excluding hydrogens is 378 g/mol. The van der Waals surface area contributed by atoms with Gasteiger partial charge in [-0.3, -0.25) is 4.79 Å². The van der Waals surface area contributed by atoms with Crippen LogP contribution in [0.25, 0.3) is 5.65 Å². The summed E-state index contributed by atoms with van der Waals surface area (Å²) in [6.45, 7) is 2.39. The number of nitrogens with one attached hydrogen (secondary N) is 1. The summed E-state index contributed by atoms with van der Waals surface area (Å²) in [6, 6.07) is 20.3. The van der Waals surface area contributed by atoms with E-state index in [4.69, 9.17) is 4.74 Å². The van der Waals surface area contributed by atoms with Gasteiger partial charge >= 0.3 is 0 Å². The summed E-state index contributed by atoms with van der Waals surface area (Å²) in [6.07, 6.45) is 3.15. The highest BCUT2D eigenvalue weighted by atomic mass is 16.5. The van der Waals surface area contributed by atoms with Crippen LogP contribution in [0, 0.1) is 6.92 Å². The van der Waals surface area contributed by atoms with Crippen LogP contribution in [-0.4, -0.2) is 26.9 Å². The maximum Gasteiger partial charge on any atom is 0.255 e. The number of ether oxygens (including phenoxy) is 1. The second kappa shape index (κ2) is 8.80. The molecular formula is C24H23N3O3. The monoisotopic (exact) mass is 401 g/mol. The van der Waals surface area contributed by atoms with E-state index < -0.39 is 6.10 Å². The summed E-state index contributed by atoms with van der Waals surface area (Å²) in [5.74, 6) is 0.170. The largest absolute Gasteiger partial charge is 0.486 e. The number of imidazole rings is 1. The molecule has 0 saturated heterocycles. The molecule has 2 aromatic heterocycles. The summed E-state index contributed by atoms with van der Waals surface area (Å²) in [5, 5.41) is 13.0. The molecule has 4 rings (SSSR count). The summed E-state index contributed by atoms with van der Waals surface area (Å²) >= 11 is 0. The summed E-state index contributed by atoms with van der Waals surface area (Å²) in [4.78, 5) is 17.2. The fraction of sp³-hybridized carbons (Fsp3) is 0.167. The van der Waals surface area contributed by atoms with E-state index in [-0.39, 0.29) is 19.1 Å². The maximum absolute atomic E-state index is 12.7. The van der Waals surface area contributed by atoms with E-state index in [1.165, 1.54) is 0 Å². The molecule has 1 unspecified atom stereocenters. The molecule has 0 aliphatic heterocycles. The number of hydrogen-bond acceptors (Lipinski definition) is 4. The van der Waals surface area contributed by atoms with Crippen LogP contribution in [0.15, 0.2) is 79.1 Å². The summed E-state index contributed by atoms with van der Waals surface area (Å²) < 4.78 is 7.85. The molecule has 0 bridgehead atoms. The van der Waals surface area contributed by atoms with Crippen LogP contribution in [0.1, 0.15) is 33.3 Å². The predicted octanol–water partition coefficient (Wildman–Crippen LogP) is 3.69. The SMILES string of the molecule is Cc1ccc2nc(COc3ccccc3C(=O)NCC(O)c3ccccc3)cn2c1. The average molecular weight is 401 g/mol. The molecule has 6 nitrogen and oxygen atoms in total. The van der Waals surface area contributed by atoms with Gasteiger partial charge in [-0.05, 0) is 36.2 Å². The van der Waals surface area contributed by atoms with Crippen LogP contribution in [0.3, 0.4) is 0 Å². The van der Waals surface area contributed by atoms with Gasteiger partial charge in [0.05, 0.1) is 17.4 Å². The van der Waals surface area contributed by atoms with E-state index in [1.54, 1.807) is 18.2 Å². The number of aliphatic hydroxyl groups excluding tert-OH is 1. The van der Waals surface area contributed by atoms with E-state index in [0.29, 0.717) is 11.3 Å². The number of para-hydroxylation sites is 1. The summed E-state index contributed by atoms with van der Waals surface area (Å²) in [7, 11) is 0. The Morgan fingerprint density at radius 2 is 1.83 bits per heavy atom. The van der Waals surface area contributed by atoms with Gasteiger partial charge in [-0.1, -0.05) is 48.5 Å². The number of fused-ring (bicyclic) bond motifs is 1. The number of pyridine rings is 1. The van der Waals surface area contributed by atoms with Crippen LogP contribution in [0.2, 0.25) is 0 Å². The Morgan fingerprint density at radius 1 is 1.07 bits per heavy atom. The second-order valence-electron chi connectivity index (χ2n) is 7.13. The van der Waals surface area contributed by atoms with Crippen LogP contribution in [-0.2, 0) is 6.61 Å². The minimum atomic E-state index is -0.773. The molecule has 0 aliphatic rings. The first-order valence-electron chi connectivity index (χ1n) is 9.77. The highest BCUT2D eigenvalue weighted by Gasteiger charge is 2.15. The van der Waals surface area contributed by atoms with Gasteiger partial charge in [-0.2, -0.15) is 0 Å². The van der Waals surface area contributed by atoms with E-state index in [1.807, 2.05) is 72.2 Å². The van der Waals surface area contributed by atoms with Crippen molar-refractivity contribution in [2.24, 2.45) is 0 Å². The molecule has 30 heavy (non-hydrogen) atoms. The van der Waals surface area contributed by atoms with E-state index in [9.17, 15) is 9.90 Å². The second-order valence-corrected chi connectivity index (χ2v) is 7.13. The fourth-order valence-corrected chi connectivity index (χ4v) is 3.23. The van der Waals surface area contributed by atoms with Gasteiger partial charge in [-0.15, -0.1) is 0 Å². The topological polar surface area (TPSA) is 75.9 Å². The third-order valence-corrected chi connectivity index (χ3v) is 4.80. The van der Waals surface area contributed by atoms with Gasteiger partial charge in [0, 0.05) is 18.9 Å². The Balaban J connectivity index is 1.41. The lowest BCUT2D eigenvalue weighted by Crippen LogP contribution is -2.28. The van der Waals surface area contributed by atoms with Crippen molar-refractivity contribution in [2.45, 2.75) is 19.6 Å². The lowest BCUT2D eigenvalue weighted by Gasteiger charge is -2.14. The molecule has 0 saturated carbocycles. The standard InChI is InChI=1S/C24H23N3O3/c1-17-11-12-23-26-19(15-27(23)14-17)16-30-22-10-6-5-9-20(22)24(29)25-13-21(28)18-7-3-2-4-8-18/h2-12,14-15,21,28H,13,16H2,1H3,(H,25,29). The molecule has 2 aromatic carbocycles. The minimum Gasteiger partial charge on any atom is -0.486 e. The quantitative estimate of drug-likeness (QED) is 0.495. The van der Waals surface area contributed by atoms with Gasteiger partial charge in [0.1, 0.15) is 18.0 Å². The van der Waals surface area contributed by atoms with Crippen molar-refractivity contribution in [1.82, 2.24) is 14.7 Å². The molecule has 0 fully saturated rings. The Morgan fingerprint density at radius 3 is 2.67 bits per heavy atom. The van der Waals surface area contributed by atoms with Crippen LogP contribution < -0.4 is 10.1 Å². The zero-order valence-corrected chi connectivity index (χ0v) is 16.7. The molecule has 0 radical (unpaired) electrons. The van der Waals surface area contributed by atoms with Crippen molar-refractivity contribution in [3.05, 3.63) is 102 Å². The van der Waals surface area contributed by atoms with Crippen molar-refractivity contribution >= 4 is 11.6 Å². The number of aliphatic hydroxyl groups is 1. The first-order valence-corrected chi connectivity index (χ1v) is 9.77. The maximum atomic E-state index is 12.7. The highest BCUT2D eigenvalue weighted by Crippen LogP contribution is 2.20. The molecule has 152 valence electrons. The number of nitrogens with zero attached hydrogens (tertiary/aromatic N) is 2. The van der Waals surface area contributed by atoms with E-state index >= 15 is 0 Å². The van der Waals surface area contributed by atoms with Gasteiger partial charge in [-0.25, -0.2) is 4.98 Å². The first kappa shape index (κ1) is 19.7. The van der Waals surface area contributed by atoms with Gasteiger partial charge in [0.15, 0.2) is 0 Å². The molecule has 1 amide bonds. The number of carbonyl (C=O) groups is 1. The first-order chi connectivity index (χ1) is 14.6. The van der Waals surface area contributed by atoms with E-state index in [2.05, 4.69) is 10.3 Å². The number of carbonyl (C=O) groups excluding carboxylic acids is 1. The highest BCUT2D eigenvalue weighted by molar-refractivity contribution is 5.96. The molecule has 2 N–H and O–H groups in total.